The van der Waals surface area contributed by atoms with Crippen molar-refractivity contribution in [2.45, 2.75) is 45.1 Å². The van der Waals surface area contributed by atoms with Crippen LogP contribution >= 0.6 is 0 Å². The zero-order valence-electron chi connectivity index (χ0n) is 8.79. The number of carbonyl (C=O) groups is 1. The first-order chi connectivity index (χ1) is 6.38. The lowest BCUT2D eigenvalue weighted by atomic mass is 9.64. The van der Waals surface area contributed by atoms with E-state index in [-0.39, 0.29) is 17.8 Å². The van der Waals surface area contributed by atoms with Gasteiger partial charge in [0.25, 0.3) is 0 Å². The number of fused-ring (bicyclic) bond motifs is 2. The Morgan fingerprint density at radius 1 is 1.36 bits per heavy atom. The van der Waals surface area contributed by atoms with Crippen molar-refractivity contribution >= 4 is 5.97 Å². The molecule has 0 saturated heterocycles. The number of aliphatic hydroxyl groups is 1. The van der Waals surface area contributed by atoms with Crippen LogP contribution in [0.25, 0.3) is 0 Å². The van der Waals surface area contributed by atoms with Gasteiger partial charge in [0.2, 0.25) is 0 Å². The highest BCUT2D eigenvalue weighted by molar-refractivity contribution is 5.68. The second kappa shape index (κ2) is 2.72. The van der Waals surface area contributed by atoms with Crippen molar-refractivity contribution < 1.29 is 15.0 Å². The molecule has 0 spiro atoms. The molecule has 14 heavy (non-hydrogen) atoms. The van der Waals surface area contributed by atoms with Crippen LogP contribution in [-0.4, -0.2) is 21.8 Å². The lowest BCUT2D eigenvalue weighted by Crippen LogP contribution is -2.50. The number of hydrogen-bond acceptors (Lipinski definition) is 2. The average Bonchev–Trinajstić information content (AvgIpc) is 2.54. The van der Waals surface area contributed by atoms with E-state index < -0.39 is 11.6 Å². The highest BCUT2D eigenvalue weighted by Crippen LogP contribution is 2.62. The molecule has 3 atom stereocenters. The molecule has 2 saturated carbocycles. The molecule has 0 aromatic rings. The Morgan fingerprint density at radius 2 is 1.93 bits per heavy atom. The molecule has 2 aliphatic carbocycles. The van der Waals surface area contributed by atoms with Crippen molar-refractivity contribution in [3.63, 3.8) is 0 Å². The first-order valence-electron chi connectivity index (χ1n) is 5.32. The minimum absolute atomic E-state index is 0.0961. The van der Waals surface area contributed by atoms with E-state index in [1.165, 1.54) is 0 Å². The molecule has 80 valence electrons. The zero-order chi connectivity index (χ0) is 10.6. The molecule has 3 nitrogen and oxygen atoms in total. The van der Waals surface area contributed by atoms with E-state index in [0.29, 0.717) is 5.92 Å². The largest absolute Gasteiger partial charge is 0.481 e. The molecule has 2 bridgehead atoms. The van der Waals surface area contributed by atoms with Crippen LogP contribution < -0.4 is 0 Å². The van der Waals surface area contributed by atoms with Gasteiger partial charge in [0.05, 0.1) is 12.0 Å². The van der Waals surface area contributed by atoms with Crippen LogP contribution in [0.5, 0.6) is 0 Å². The Hall–Kier alpha value is -0.570. The third-order valence-corrected chi connectivity index (χ3v) is 4.67. The predicted molar refractivity (Wildman–Crippen MR) is 51.8 cm³/mol. The van der Waals surface area contributed by atoms with Gasteiger partial charge in [0.1, 0.15) is 0 Å². The summed E-state index contributed by atoms with van der Waals surface area (Å²) in [6, 6.07) is 0. The maximum absolute atomic E-state index is 10.8. The normalized spacial score (nSPS) is 44.2. The fourth-order valence-corrected chi connectivity index (χ4v) is 3.55. The van der Waals surface area contributed by atoms with E-state index in [0.717, 1.165) is 19.3 Å². The van der Waals surface area contributed by atoms with Crippen LogP contribution in [0.1, 0.15) is 39.5 Å². The smallest absolute Gasteiger partial charge is 0.306 e. The van der Waals surface area contributed by atoms with Gasteiger partial charge in [-0.25, -0.2) is 0 Å². The van der Waals surface area contributed by atoms with Crippen molar-refractivity contribution in [2.75, 3.05) is 0 Å². The molecule has 0 aliphatic heterocycles. The highest BCUT2D eigenvalue weighted by atomic mass is 16.4. The Balaban J connectivity index is 2.29. The molecule has 2 aliphatic rings. The molecule has 2 fully saturated rings. The molecule has 0 heterocycles. The minimum Gasteiger partial charge on any atom is -0.481 e. The summed E-state index contributed by atoms with van der Waals surface area (Å²) in [7, 11) is 0. The van der Waals surface area contributed by atoms with Gasteiger partial charge in [0, 0.05) is 0 Å². The van der Waals surface area contributed by atoms with Crippen LogP contribution in [0.3, 0.4) is 0 Å². The molecular weight excluding hydrogens is 180 g/mol. The van der Waals surface area contributed by atoms with E-state index in [2.05, 4.69) is 0 Å². The van der Waals surface area contributed by atoms with Gasteiger partial charge in [-0.2, -0.15) is 0 Å². The molecule has 0 aromatic heterocycles. The van der Waals surface area contributed by atoms with Gasteiger partial charge in [-0.05, 0) is 36.5 Å². The van der Waals surface area contributed by atoms with E-state index in [9.17, 15) is 9.90 Å². The highest BCUT2D eigenvalue weighted by Gasteiger charge is 2.62. The van der Waals surface area contributed by atoms with Gasteiger partial charge in [-0.1, -0.05) is 13.8 Å². The zero-order valence-corrected chi connectivity index (χ0v) is 8.79. The number of hydrogen-bond donors (Lipinski definition) is 2. The molecule has 2 N–H and O–H groups in total. The average molecular weight is 198 g/mol. The van der Waals surface area contributed by atoms with Crippen LogP contribution in [0, 0.1) is 17.3 Å². The second-order valence-corrected chi connectivity index (χ2v) is 5.42. The quantitative estimate of drug-likeness (QED) is 0.709. The Morgan fingerprint density at radius 3 is 2.36 bits per heavy atom. The molecule has 2 rings (SSSR count). The number of aliphatic carboxylic acids is 1. The monoisotopic (exact) mass is 198 g/mol. The summed E-state index contributed by atoms with van der Waals surface area (Å²) >= 11 is 0. The van der Waals surface area contributed by atoms with Crippen LogP contribution in [-0.2, 0) is 4.79 Å². The van der Waals surface area contributed by atoms with E-state index >= 15 is 0 Å². The Kier molecular flexibility index (Phi) is 1.94. The lowest BCUT2D eigenvalue weighted by molar-refractivity contribution is -0.156. The molecular formula is C11H18O3. The van der Waals surface area contributed by atoms with Gasteiger partial charge in [-0.15, -0.1) is 0 Å². The number of rotatable bonds is 2. The van der Waals surface area contributed by atoms with Crippen LogP contribution in [0.4, 0.5) is 0 Å². The lowest BCUT2D eigenvalue weighted by Gasteiger charge is -2.45. The third-order valence-electron chi connectivity index (χ3n) is 4.67. The second-order valence-electron chi connectivity index (χ2n) is 5.42. The van der Waals surface area contributed by atoms with Crippen molar-refractivity contribution in [3.8, 4) is 0 Å². The minimum atomic E-state index is -0.970. The fourth-order valence-electron chi connectivity index (χ4n) is 3.55. The summed E-state index contributed by atoms with van der Waals surface area (Å²) in [4.78, 5) is 10.8. The first kappa shape index (κ1) is 9.97. The molecule has 0 aromatic carbocycles. The summed E-state index contributed by atoms with van der Waals surface area (Å²) in [5, 5.41) is 19.3. The maximum Gasteiger partial charge on any atom is 0.306 e. The van der Waals surface area contributed by atoms with Crippen LogP contribution in [0.15, 0.2) is 0 Å². The molecule has 1 unspecified atom stereocenters. The number of carboxylic acids is 1. The summed E-state index contributed by atoms with van der Waals surface area (Å²) in [6.45, 7) is 4.03. The van der Waals surface area contributed by atoms with Gasteiger partial charge in [-0.3, -0.25) is 4.79 Å². The van der Waals surface area contributed by atoms with Crippen LogP contribution in [0.2, 0.25) is 0 Å². The topological polar surface area (TPSA) is 57.5 Å². The van der Waals surface area contributed by atoms with Crippen molar-refractivity contribution in [1.82, 2.24) is 0 Å². The molecule has 0 radical (unpaired) electrons. The standard InChI is InChI=1S/C11H18O3/c1-10(2)7-3-4-8(5-7)11(10,14)6-9(12)13/h7-8,14H,3-6H2,1-2H3,(H,12,13)/t7-,8+,11?/m0/s1. The van der Waals surface area contributed by atoms with Crippen molar-refractivity contribution in [2.24, 2.45) is 17.3 Å². The van der Waals surface area contributed by atoms with Crippen molar-refractivity contribution in [1.29, 1.82) is 0 Å². The molecule has 0 amide bonds. The fraction of sp³-hybridized carbons (Fsp3) is 0.909. The van der Waals surface area contributed by atoms with Crippen molar-refractivity contribution in [3.05, 3.63) is 0 Å². The van der Waals surface area contributed by atoms with E-state index in [1.807, 2.05) is 13.8 Å². The van der Waals surface area contributed by atoms with Gasteiger partial charge < -0.3 is 10.2 Å². The third kappa shape index (κ3) is 1.05. The summed E-state index contributed by atoms with van der Waals surface area (Å²) in [5.74, 6) is -0.163. The van der Waals surface area contributed by atoms with E-state index in [4.69, 9.17) is 5.11 Å². The summed E-state index contributed by atoms with van der Waals surface area (Å²) < 4.78 is 0. The van der Waals surface area contributed by atoms with E-state index in [1.54, 1.807) is 0 Å². The maximum atomic E-state index is 10.8. The SMILES string of the molecule is CC1(C)[C@H]2CC[C@H](C2)C1(O)CC(=O)O. The summed E-state index contributed by atoms with van der Waals surface area (Å²) in [6.07, 6.45) is 3.06. The first-order valence-corrected chi connectivity index (χ1v) is 5.32. The number of carboxylic acid groups (broad SMARTS) is 1. The van der Waals surface area contributed by atoms with Gasteiger partial charge in [0.15, 0.2) is 0 Å². The summed E-state index contributed by atoms with van der Waals surface area (Å²) in [5.41, 5.74) is -1.20. The Bertz CT molecular complexity index is 272. The molecule has 3 heteroatoms. The van der Waals surface area contributed by atoms with Gasteiger partial charge >= 0.3 is 5.97 Å². The predicted octanol–water partition coefficient (Wildman–Crippen LogP) is 1.65. The Labute approximate surface area is 84.1 Å².